The van der Waals surface area contributed by atoms with Gasteiger partial charge in [-0.2, -0.15) is 0 Å². The fraction of sp³-hybridized carbons (Fsp3) is 0.900. The molecule has 1 aliphatic rings. The summed E-state index contributed by atoms with van der Waals surface area (Å²) in [6.07, 6.45) is 9.13. The predicted octanol–water partition coefficient (Wildman–Crippen LogP) is 4.14. The van der Waals surface area contributed by atoms with Crippen LogP contribution in [-0.2, 0) is 28.5 Å². The molecular formula is C20H36O6. The molecule has 0 N–H and O–H groups in total. The van der Waals surface area contributed by atoms with Gasteiger partial charge in [0.2, 0.25) is 0 Å². The Bertz CT molecular complexity index is 372. The molecule has 0 radical (unpaired) electrons. The first kappa shape index (κ1) is 22.9. The summed E-state index contributed by atoms with van der Waals surface area (Å²) in [5.41, 5.74) is 0. The highest BCUT2D eigenvalue weighted by molar-refractivity contribution is 5.86. The highest BCUT2D eigenvalue weighted by Gasteiger charge is 2.46. The summed E-state index contributed by atoms with van der Waals surface area (Å²) in [5, 5.41) is 0. The number of unbranched alkanes of at least 4 members (excludes halogenated alkanes) is 8. The van der Waals surface area contributed by atoms with Gasteiger partial charge in [0.05, 0.1) is 13.2 Å². The van der Waals surface area contributed by atoms with Crippen LogP contribution in [0.2, 0.25) is 0 Å². The number of carbonyl (C=O) groups excluding carboxylic acids is 2. The summed E-state index contributed by atoms with van der Waals surface area (Å²) in [6, 6.07) is 0. The number of rotatable bonds is 14. The van der Waals surface area contributed by atoms with Crippen molar-refractivity contribution in [3.05, 3.63) is 0 Å². The van der Waals surface area contributed by atoms with E-state index in [1.165, 1.54) is 44.9 Å². The van der Waals surface area contributed by atoms with Gasteiger partial charge in [0.15, 0.2) is 18.5 Å². The van der Waals surface area contributed by atoms with Crippen LogP contribution in [0.15, 0.2) is 0 Å². The van der Waals surface area contributed by atoms with E-state index in [1.807, 2.05) is 0 Å². The van der Waals surface area contributed by atoms with Gasteiger partial charge in [-0.1, -0.05) is 58.3 Å². The van der Waals surface area contributed by atoms with Crippen LogP contribution in [0.3, 0.4) is 0 Å². The molecule has 0 aromatic rings. The van der Waals surface area contributed by atoms with Crippen LogP contribution in [-0.4, -0.2) is 43.7 Å². The minimum Gasteiger partial charge on any atom is -0.464 e. The molecule has 0 aliphatic carbocycles. The highest BCUT2D eigenvalue weighted by atomic mass is 16.8. The largest absolute Gasteiger partial charge is 0.464 e. The average molecular weight is 373 g/mol. The van der Waals surface area contributed by atoms with E-state index in [-0.39, 0.29) is 13.2 Å². The minimum absolute atomic E-state index is 0.233. The molecule has 1 fully saturated rings. The van der Waals surface area contributed by atoms with E-state index in [0.717, 1.165) is 12.8 Å². The van der Waals surface area contributed by atoms with Crippen molar-refractivity contribution < 1.29 is 28.5 Å². The number of ether oxygens (including phenoxy) is 4. The molecule has 1 heterocycles. The first-order chi connectivity index (χ1) is 12.6. The van der Waals surface area contributed by atoms with E-state index in [9.17, 15) is 9.59 Å². The van der Waals surface area contributed by atoms with Crippen LogP contribution in [0.4, 0.5) is 0 Å². The van der Waals surface area contributed by atoms with E-state index >= 15 is 0 Å². The number of hydrogen-bond acceptors (Lipinski definition) is 6. The van der Waals surface area contributed by atoms with Crippen molar-refractivity contribution in [1.29, 1.82) is 0 Å². The van der Waals surface area contributed by atoms with E-state index in [1.54, 1.807) is 13.8 Å². The van der Waals surface area contributed by atoms with E-state index in [2.05, 4.69) is 6.92 Å². The molecule has 1 rings (SSSR count). The van der Waals surface area contributed by atoms with Gasteiger partial charge in [-0.05, 0) is 26.7 Å². The lowest BCUT2D eigenvalue weighted by Gasteiger charge is -2.13. The average Bonchev–Trinajstić information content (AvgIpc) is 3.05. The fourth-order valence-corrected chi connectivity index (χ4v) is 3.07. The lowest BCUT2D eigenvalue weighted by Crippen LogP contribution is -2.39. The molecule has 0 amide bonds. The first-order valence-corrected chi connectivity index (χ1v) is 10.3. The van der Waals surface area contributed by atoms with Gasteiger partial charge in [0, 0.05) is 0 Å². The van der Waals surface area contributed by atoms with Gasteiger partial charge >= 0.3 is 11.9 Å². The number of carbonyl (C=O) groups is 2. The van der Waals surface area contributed by atoms with Gasteiger partial charge in [-0.3, -0.25) is 0 Å². The maximum atomic E-state index is 12.0. The minimum atomic E-state index is -1.03. The summed E-state index contributed by atoms with van der Waals surface area (Å²) in [5.74, 6) is -1.14. The lowest BCUT2D eigenvalue weighted by molar-refractivity contribution is -0.163. The molecule has 0 aromatic carbocycles. The molecule has 6 nitrogen and oxygen atoms in total. The van der Waals surface area contributed by atoms with E-state index in [4.69, 9.17) is 18.9 Å². The van der Waals surface area contributed by atoms with Crippen molar-refractivity contribution in [2.75, 3.05) is 13.2 Å². The van der Waals surface area contributed by atoms with Crippen molar-refractivity contribution in [2.45, 2.75) is 103 Å². The number of hydrogen-bond donors (Lipinski definition) is 0. The van der Waals surface area contributed by atoms with Crippen LogP contribution < -0.4 is 0 Å². The Morgan fingerprint density at radius 1 is 0.692 bits per heavy atom. The maximum Gasteiger partial charge on any atom is 0.338 e. The third-order valence-electron chi connectivity index (χ3n) is 4.45. The van der Waals surface area contributed by atoms with Crippen LogP contribution in [0.25, 0.3) is 0 Å². The van der Waals surface area contributed by atoms with Crippen LogP contribution in [0, 0.1) is 0 Å². The first-order valence-electron chi connectivity index (χ1n) is 10.3. The van der Waals surface area contributed by atoms with Crippen LogP contribution >= 0.6 is 0 Å². The zero-order chi connectivity index (χ0) is 19.2. The smallest absolute Gasteiger partial charge is 0.338 e. The number of esters is 2. The second kappa shape index (κ2) is 14.0. The zero-order valence-electron chi connectivity index (χ0n) is 16.7. The Morgan fingerprint density at radius 3 is 1.54 bits per heavy atom. The molecule has 0 spiro atoms. The normalized spacial score (nSPS) is 20.3. The molecule has 1 saturated heterocycles. The SMILES string of the molecule is CCCCCCCCCCCC1O[C@H](C(=O)OCC)[C@@H](C(=O)OCC)O1. The van der Waals surface area contributed by atoms with Gasteiger partial charge < -0.3 is 18.9 Å². The molecule has 0 aromatic heterocycles. The predicted molar refractivity (Wildman–Crippen MR) is 98.6 cm³/mol. The summed E-state index contributed by atoms with van der Waals surface area (Å²) >= 11 is 0. The van der Waals surface area contributed by atoms with Crippen molar-refractivity contribution in [3.63, 3.8) is 0 Å². The molecular weight excluding hydrogens is 336 g/mol. The maximum absolute atomic E-state index is 12.0. The monoisotopic (exact) mass is 372 g/mol. The van der Waals surface area contributed by atoms with Crippen molar-refractivity contribution in [3.8, 4) is 0 Å². The van der Waals surface area contributed by atoms with Crippen molar-refractivity contribution >= 4 is 11.9 Å². The van der Waals surface area contributed by atoms with Gasteiger partial charge in [-0.15, -0.1) is 0 Å². The van der Waals surface area contributed by atoms with Gasteiger partial charge in [0.25, 0.3) is 0 Å². The molecule has 1 aliphatic heterocycles. The Kier molecular flexibility index (Phi) is 12.3. The van der Waals surface area contributed by atoms with Gasteiger partial charge in [-0.25, -0.2) is 9.59 Å². The third-order valence-corrected chi connectivity index (χ3v) is 4.45. The second-order valence-corrected chi connectivity index (χ2v) is 6.66. The molecule has 6 heteroatoms. The topological polar surface area (TPSA) is 71.1 Å². The summed E-state index contributed by atoms with van der Waals surface area (Å²) in [4.78, 5) is 24.0. The molecule has 0 bridgehead atoms. The molecule has 152 valence electrons. The summed E-state index contributed by atoms with van der Waals surface area (Å²) < 4.78 is 21.2. The quantitative estimate of drug-likeness (QED) is 0.337. The van der Waals surface area contributed by atoms with Crippen molar-refractivity contribution in [1.82, 2.24) is 0 Å². The molecule has 26 heavy (non-hydrogen) atoms. The fourth-order valence-electron chi connectivity index (χ4n) is 3.07. The summed E-state index contributed by atoms with van der Waals surface area (Å²) in [6.45, 7) is 6.13. The molecule has 0 unspecified atom stereocenters. The lowest BCUT2D eigenvalue weighted by atomic mass is 10.1. The molecule has 2 atom stereocenters. The van der Waals surface area contributed by atoms with Crippen LogP contribution in [0.5, 0.6) is 0 Å². The van der Waals surface area contributed by atoms with Crippen LogP contribution in [0.1, 0.15) is 85.0 Å². The Balaban J connectivity index is 2.28. The Labute approximate surface area is 157 Å². The second-order valence-electron chi connectivity index (χ2n) is 6.66. The Hall–Kier alpha value is -1.14. The third kappa shape index (κ3) is 8.49. The molecule has 0 saturated carbocycles. The van der Waals surface area contributed by atoms with E-state index in [0.29, 0.717) is 6.42 Å². The zero-order valence-corrected chi connectivity index (χ0v) is 16.7. The van der Waals surface area contributed by atoms with Gasteiger partial charge in [0.1, 0.15) is 0 Å². The standard InChI is InChI=1S/C20H36O6/c1-4-7-8-9-10-11-12-13-14-15-16-25-17(19(21)23-5-2)18(26-16)20(22)24-6-3/h16-18H,4-15H2,1-3H3/t17-,18-/m0/s1. The highest BCUT2D eigenvalue weighted by Crippen LogP contribution is 2.25. The van der Waals surface area contributed by atoms with E-state index < -0.39 is 30.4 Å². The Morgan fingerprint density at radius 2 is 1.12 bits per heavy atom. The summed E-state index contributed by atoms with van der Waals surface area (Å²) in [7, 11) is 0. The van der Waals surface area contributed by atoms with Crippen molar-refractivity contribution in [2.24, 2.45) is 0 Å².